The number of rotatable bonds is 2. The average molecular weight is 385 g/mol. The molecule has 3 aromatic rings. The minimum Gasteiger partial charge on any atom is -0.130 e. The summed E-state index contributed by atoms with van der Waals surface area (Å²) in [6.07, 6.45) is 4.34. The first-order valence-corrected chi connectivity index (χ1v) is 12.3. The molecule has 0 fully saturated rings. The lowest BCUT2D eigenvalue weighted by molar-refractivity contribution is 1.53. The summed E-state index contributed by atoms with van der Waals surface area (Å²) >= 11 is 15.2. The number of hydrogen-bond donors (Lipinski definition) is 0. The Hall–Kier alpha value is 0.980. The molecule has 3 aromatic heterocycles. The average Bonchev–Trinajstić information content (AvgIpc) is 2.43. The van der Waals surface area contributed by atoms with E-state index in [1.54, 1.807) is 0 Å². The molecule has 0 N–H and O–H groups in total. The molecule has 0 aliphatic carbocycles. The monoisotopic (exact) mass is 384 g/mol. The van der Waals surface area contributed by atoms with Gasteiger partial charge in [0.05, 0.1) is 8.42 Å². The maximum atomic E-state index is 2.18. The van der Waals surface area contributed by atoms with Crippen LogP contribution >= 0.6 is 91.5 Å². The maximum absolute atomic E-state index is 2.18. The summed E-state index contributed by atoms with van der Waals surface area (Å²) in [6.45, 7) is 0. The third-order valence-corrected chi connectivity index (χ3v) is 13.0. The third-order valence-electron chi connectivity index (χ3n) is 2.02. The summed E-state index contributed by atoms with van der Waals surface area (Å²) in [5, 5.41) is 4.36. The molecular formula is C10H8S8. The van der Waals surface area contributed by atoms with Gasteiger partial charge in [-0.3, -0.25) is 0 Å². The molecule has 0 radical (unpaired) electrons. The van der Waals surface area contributed by atoms with Gasteiger partial charge in [0.2, 0.25) is 0 Å². The van der Waals surface area contributed by atoms with Gasteiger partial charge in [0, 0.05) is 10.8 Å². The third kappa shape index (κ3) is 2.71. The molecule has 96 valence electrons. The van der Waals surface area contributed by atoms with Crippen molar-refractivity contribution in [3.63, 3.8) is 0 Å². The molecule has 0 saturated carbocycles. The SMILES string of the molecule is CSc1sc2sc3sccsc3sc2sc1SC. The molecule has 0 spiro atoms. The van der Waals surface area contributed by atoms with Gasteiger partial charge in [0.25, 0.3) is 0 Å². The molecule has 0 aromatic carbocycles. The Balaban J connectivity index is 2.36. The van der Waals surface area contributed by atoms with E-state index in [0.717, 1.165) is 0 Å². The highest BCUT2D eigenvalue weighted by Crippen LogP contribution is 2.47. The lowest BCUT2D eigenvalue weighted by Crippen LogP contribution is -1.70. The highest BCUT2D eigenvalue weighted by molar-refractivity contribution is 8.04. The fourth-order valence-corrected chi connectivity index (χ4v) is 11.8. The van der Waals surface area contributed by atoms with Crippen LogP contribution in [0.15, 0.2) is 19.2 Å². The van der Waals surface area contributed by atoms with Crippen LogP contribution in [0, 0.1) is 0 Å². The van der Waals surface area contributed by atoms with Crippen molar-refractivity contribution in [1.29, 1.82) is 0 Å². The summed E-state index contributed by atoms with van der Waals surface area (Å²) in [7, 11) is 0. The molecule has 0 amide bonds. The van der Waals surface area contributed by atoms with Crippen molar-refractivity contribution in [2.75, 3.05) is 12.5 Å². The van der Waals surface area contributed by atoms with Gasteiger partial charge in [-0.1, -0.05) is 0 Å². The summed E-state index contributed by atoms with van der Waals surface area (Å²) in [5.41, 5.74) is 0. The number of fused-ring (bicyclic) bond motifs is 2. The van der Waals surface area contributed by atoms with Crippen LogP contribution in [0.1, 0.15) is 0 Å². The molecule has 0 aliphatic heterocycles. The van der Waals surface area contributed by atoms with E-state index in [1.807, 2.05) is 91.5 Å². The summed E-state index contributed by atoms with van der Waals surface area (Å²) in [6, 6.07) is 0. The molecular weight excluding hydrogens is 377 g/mol. The summed E-state index contributed by atoms with van der Waals surface area (Å²) in [5.74, 6) is 0. The Morgan fingerprint density at radius 1 is 0.667 bits per heavy atom. The van der Waals surface area contributed by atoms with Crippen molar-refractivity contribution in [3.8, 4) is 0 Å². The summed E-state index contributed by atoms with van der Waals surface area (Å²) in [4.78, 5) is 0. The van der Waals surface area contributed by atoms with Crippen molar-refractivity contribution in [2.24, 2.45) is 0 Å². The zero-order valence-corrected chi connectivity index (χ0v) is 16.0. The van der Waals surface area contributed by atoms with Gasteiger partial charge in [-0.2, -0.15) is 0 Å². The Morgan fingerprint density at radius 2 is 1.11 bits per heavy atom. The van der Waals surface area contributed by atoms with Crippen molar-refractivity contribution < 1.29 is 0 Å². The Bertz CT molecular complexity index is 663. The molecule has 0 nitrogen and oxygen atoms in total. The van der Waals surface area contributed by atoms with E-state index in [-0.39, 0.29) is 0 Å². The van der Waals surface area contributed by atoms with E-state index in [2.05, 4.69) is 23.3 Å². The first-order chi connectivity index (χ1) is 8.81. The highest BCUT2D eigenvalue weighted by Gasteiger charge is 2.09. The fourth-order valence-electron chi connectivity index (χ4n) is 1.29. The van der Waals surface area contributed by atoms with E-state index in [4.69, 9.17) is 0 Å². The van der Waals surface area contributed by atoms with Crippen LogP contribution in [0.2, 0.25) is 0 Å². The molecule has 0 saturated heterocycles. The van der Waals surface area contributed by atoms with Crippen LogP contribution in [0.3, 0.4) is 0 Å². The lowest BCUT2D eigenvalue weighted by Gasteiger charge is -2.05. The van der Waals surface area contributed by atoms with Gasteiger partial charge in [0.1, 0.15) is 16.1 Å². The molecule has 18 heavy (non-hydrogen) atoms. The van der Waals surface area contributed by atoms with E-state index in [1.165, 1.54) is 24.5 Å². The Labute approximate surface area is 138 Å². The Kier molecular flexibility index (Phi) is 4.78. The first-order valence-electron chi connectivity index (χ1n) is 4.82. The van der Waals surface area contributed by atoms with Crippen LogP contribution in [-0.2, 0) is 0 Å². The van der Waals surface area contributed by atoms with Crippen LogP contribution in [0.4, 0.5) is 0 Å². The standard InChI is InChI=1S/C10H8S8/c1-11-5-6(12-2)16-10-9(15-5)17-7-8(18-10)14-4-3-13-7/h3-4H,1-2H3. The second-order valence-corrected chi connectivity index (χ2v) is 12.1. The lowest BCUT2D eigenvalue weighted by atomic mass is 11.1. The van der Waals surface area contributed by atoms with Crippen LogP contribution in [-0.4, -0.2) is 12.5 Å². The zero-order chi connectivity index (χ0) is 12.5. The maximum Gasteiger partial charge on any atom is 0.109 e. The molecule has 0 bridgehead atoms. The second-order valence-electron chi connectivity index (χ2n) is 3.05. The first kappa shape index (κ1) is 13.9. The van der Waals surface area contributed by atoms with Crippen molar-refractivity contribution >= 4 is 108 Å². The van der Waals surface area contributed by atoms with Gasteiger partial charge in [-0.05, 0) is 12.5 Å². The molecule has 3 heterocycles. The molecule has 0 aliphatic rings. The van der Waals surface area contributed by atoms with Gasteiger partial charge in [-0.25, -0.2) is 0 Å². The van der Waals surface area contributed by atoms with Gasteiger partial charge >= 0.3 is 0 Å². The van der Waals surface area contributed by atoms with Gasteiger partial charge in [0.15, 0.2) is 0 Å². The number of hydrogen-bond acceptors (Lipinski definition) is 8. The van der Waals surface area contributed by atoms with Crippen LogP contribution in [0.5, 0.6) is 0 Å². The smallest absolute Gasteiger partial charge is 0.109 e. The van der Waals surface area contributed by atoms with Crippen molar-refractivity contribution in [2.45, 2.75) is 8.42 Å². The predicted octanol–water partition coefficient (Wildman–Crippen LogP) is 7.49. The van der Waals surface area contributed by atoms with Crippen LogP contribution < -0.4 is 0 Å². The van der Waals surface area contributed by atoms with E-state index in [9.17, 15) is 0 Å². The minimum atomic E-state index is 1.45. The minimum absolute atomic E-state index is 1.45. The topological polar surface area (TPSA) is 0 Å². The molecule has 3 rings (SSSR count). The molecule has 0 unspecified atom stereocenters. The van der Waals surface area contributed by atoms with Crippen molar-refractivity contribution in [1.82, 2.24) is 0 Å². The largest absolute Gasteiger partial charge is 0.130 e. The fraction of sp³-hybridized carbons (Fsp3) is 0.200. The predicted molar refractivity (Wildman–Crippen MR) is 98.7 cm³/mol. The zero-order valence-electron chi connectivity index (χ0n) is 9.42. The van der Waals surface area contributed by atoms with Gasteiger partial charge in [-0.15, -0.1) is 91.5 Å². The quantitative estimate of drug-likeness (QED) is 0.331. The van der Waals surface area contributed by atoms with E-state index in [0.29, 0.717) is 0 Å². The second kappa shape index (κ2) is 6.17. The summed E-state index contributed by atoms with van der Waals surface area (Å²) < 4.78 is 8.74. The molecule has 0 atom stereocenters. The van der Waals surface area contributed by atoms with Gasteiger partial charge < -0.3 is 0 Å². The van der Waals surface area contributed by atoms with Crippen molar-refractivity contribution in [3.05, 3.63) is 10.8 Å². The van der Waals surface area contributed by atoms with E-state index < -0.39 is 0 Å². The Morgan fingerprint density at radius 3 is 1.50 bits per heavy atom. The number of thioether (sulfide) groups is 2. The van der Waals surface area contributed by atoms with Crippen LogP contribution in [0.25, 0.3) is 16.1 Å². The molecule has 8 heteroatoms. The van der Waals surface area contributed by atoms with E-state index >= 15 is 0 Å². The normalized spacial score (nSPS) is 11.2. The highest BCUT2D eigenvalue weighted by atomic mass is 32.2.